The highest BCUT2D eigenvalue weighted by Gasteiger charge is 2.21. The molecule has 1 fully saturated rings. The number of rotatable bonds is 9. The Hall–Kier alpha value is -1.26. The molecule has 0 bridgehead atoms. The molecule has 21 heavy (non-hydrogen) atoms. The molecule has 2 N–H and O–H groups in total. The Kier molecular flexibility index (Phi) is 6.83. The summed E-state index contributed by atoms with van der Waals surface area (Å²) in [5, 5.41) is 0. The molecule has 1 aliphatic rings. The molecule has 0 atom stereocenters. The van der Waals surface area contributed by atoms with Crippen molar-refractivity contribution in [3.05, 3.63) is 24.3 Å². The molecule has 1 aromatic rings. The minimum absolute atomic E-state index is 0.655. The van der Waals surface area contributed by atoms with Gasteiger partial charge < -0.3 is 15.2 Å². The quantitative estimate of drug-likeness (QED) is 0.760. The largest absolute Gasteiger partial charge is 0.490 e. The average Bonchev–Trinajstić information content (AvgIpc) is 3.02. The van der Waals surface area contributed by atoms with Crippen LogP contribution >= 0.6 is 0 Å². The average molecular weight is 292 g/mol. The monoisotopic (exact) mass is 292 g/mol. The summed E-state index contributed by atoms with van der Waals surface area (Å²) < 4.78 is 11.5. The van der Waals surface area contributed by atoms with Crippen LogP contribution < -0.4 is 15.2 Å². The molecule has 0 saturated heterocycles. The van der Waals surface area contributed by atoms with Gasteiger partial charge in [0.05, 0.1) is 6.61 Å². The van der Waals surface area contributed by atoms with Gasteiger partial charge in [-0.25, -0.2) is 0 Å². The van der Waals surface area contributed by atoms with Gasteiger partial charge in [-0.3, -0.25) is 4.90 Å². The fourth-order valence-corrected chi connectivity index (χ4v) is 3.03. The second-order valence-electron chi connectivity index (χ2n) is 5.49. The van der Waals surface area contributed by atoms with E-state index in [9.17, 15) is 0 Å². The van der Waals surface area contributed by atoms with Crippen molar-refractivity contribution in [1.29, 1.82) is 0 Å². The van der Waals surface area contributed by atoms with Gasteiger partial charge in [0.1, 0.15) is 6.61 Å². The predicted octanol–water partition coefficient (Wildman–Crippen LogP) is 2.67. The van der Waals surface area contributed by atoms with Crippen molar-refractivity contribution in [2.45, 2.75) is 38.6 Å². The summed E-state index contributed by atoms with van der Waals surface area (Å²) in [6.07, 6.45) is 5.30. The van der Waals surface area contributed by atoms with Crippen LogP contribution in [-0.2, 0) is 0 Å². The first-order chi connectivity index (χ1) is 10.3. The molecular formula is C17H28N2O2. The summed E-state index contributed by atoms with van der Waals surface area (Å²) in [6, 6.07) is 8.56. The van der Waals surface area contributed by atoms with E-state index in [4.69, 9.17) is 15.2 Å². The van der Waals surface area contributed by atoms with Crippen molar-refractivity contribution in [3.8, 4) is 11.5 Å². The van der Waals surface area contributed by atoms with Crippen molar-refractivity contribution in [3.63, 3.8) is 0 Å². The lowest BCUT2D eigenvalue weighted by Gasteiger charge is -2.28. The van der Waals surface area contributed by atoms with Crippen LogP contribution in [-0.4, -0.2) is 43.8 Å². The van der Waals surface area contributed by atoms with E-state index < -0.39 is 0 Å². The molecule has 1 aliphatic carbocycles. The van der Waals surface area contributed by atoms with Gasteiger partial charge >= 0.3 is 0 Å². The summed E-state index contributed by atoms with van der Waals surface area (Å²) >= 11 is 0. The van der Waals surface area contributed by atoms with Crippen molar-refractivity contribution in [1.82, 2.24) is 4.90 Å². The molecule has 0 aliphatic heterocycles. The second kappa shape index (κ2) is 8.90. The first-order valence-electron chi connectivity index (χ1n) is 8.14. The molecule has 0 radical (unpaired) electrons. The van der Waals surface area contributed by atoms with E-state index in [1.165, 1.54) is 25.7 Å². The Morgan fingerprint density at radius 1 is 1.10 bits per heavy atom. The fraction of sp³-hybridized carbons (Fsp3) is 0.647. The van der Waals surface area contributed by atoms with Gasteiger partial charge in [0.2, 0.25) is 0 Å². The van der Waals surface area contributed by atoms with E-state index in [1.807, 2.05) is 31.2 Å². The zero-order valence-corrected chi connectivity index (χ0v) is 13.1. The minimum atomic E-state index is 0.655. The van der Waals surface area contributed by atoms with Crippen LogP contribution in [0, 0.1) is 0 Å². The molecule has 0 spiro atoms. The highest BCUT2D eigenvalue weighted by atomic mass is 16.5. The minimum Gasteiger partial charge on any atom is -0.490 e. The number of para-hydroxylation sites is 2. The van der Waals surface area contributed by atoms with Crippen LogP contribution in [0.1, 0.15) is 32.6 Å². The van der Waals surface area contributed by atoms with Gasteiger partial charge in [-0.15, -0.1) is 0 Å². The standard InChI is InChI=1S/C17H28N2O2/c1-2-20-16-9-5-6-10-17(16)21-14-13-19(12-11-18)15-7-3-4-8-15/h5-6,9-10,15H,2-4,7-8,11-14,18H2,1H3. The first kappa shape index (κ1) is 16.1. The van der Waals surface area contributed by atoms with E-state index in [1.54, 1.807) is 0 Å². The van der Waals surface area contributed by atoms with Crippen LogP contribution in [0.3, 0.4) is 0 Å². The Balaban J connectivity index is 1.84. The van der Waals surface area contributed by atoms with Crippen molar-refractivity contribution >= 4 is 0 Å². The Morgan fingerprint density at radius 3 is 2.38 bits per heavy atom. The zero-order chi connectivity index (χ0) is 14.9. The van der Waals surface area contributed by atoms with Gasteiger partial charge in [0.25, 0.3) is 0 Å². The first-order valence-corrected chi connectivity index (χ1v) is 8.14. The number of hydrogen-bond acceptors (Lipinski definition) is 4. The van der Waals surface area contributed by atoms with Gasteiger partial charge in [0.15, 0.2) is 11.5 Å². The van der Waals surface area contributed by atoms with Crippen LogP contribution in [0.25, 0.3) is 0 Å². The van der Waals surface area contributed by atoms with E-state index >= 15 is 0 Å². The smallest absolute Gasteiger partial charge is 0.161 e. The molecule has 4 nitrogen and oxygen atoms in total. The van der Waals surface area contributed by atoms with Gasteiger partial charge in [-0.2, -0.15) is 0 Å². The van der Waals surface area contributed by atoms with Crippen LogP contribution in [0.15, 0.2) is 24.3 Å². The van der Waals surface area contributed by atoms with E-state index in [0.29, 0.717) is 25.8 Å². The highest BCUT2D eigenvalue weighted by molar-refractivity contribution is 5.39. The Bertz CT molecular complexity index is 406. The highest BCUT2D eigenvalue weighted by Crippen LogP contribution is 2.27. The summed E-state index contributed by atoms with van der Waals surface area (Å²) in [5.74, 6) is 1.66. The lowest BCUT2D eigenvalue weighted by Crippen LogP contribution is -2.39. The summed E-state index contributed by atoms with van der Waals surface area (Å²) in [6.45, 7) is 5.93. The molecule has 0 aromatic heterocycles. The summed E-state index contributed by atoms with van der Waals surface area (Å²) in [4.78, 5) is 2.48. The van der Waals surface area contributed by atoms with Crippen LogP contribution in [0.2, 0.25) is 0 Å². The number of ether oxygens (including phenoxy) is 2. The summed E-state index contributed by atoms with van der Waals surface area (Å²) in [7, 11) is 0. The SMILES string of the molecule is CCOc1ccccc1OCCN(CCN)C1CCCC1. The molecular weight excluding hydrogens is 264 g/mol. The van der Waals surface area contributed by atoms with E-state index in [0.717, 1.165) is 24.6 Å². The lowest BCUT2D eigenvalue weighted by molar-refractivity contribution is 0.161. The van der Waals surface area contributed by atoms with Gasteiger partial charge in [0, 0.05) is 25.7 Å². The third-order valence-electron chi connectivity index (χ3n) is 4.04. The molecule has 4 heteroatoms. The lowest BCUT2D eigenvalue weighted by atomic mass is 10.2. The molecule has 1 saturated carbocycles. The van der Waals surface area contributed by atoms with Crippen LogP contribution in [0.5, 0.6) is 11.5 Å². The van der Waals surface area contributed by atoms with Gasteiger partial charge in [-0.1, -0.05) is 25.0 Å². The predicted molar refractivity (Wildman–Crippen MR) is 86.0 cm³/mol. The maximum atomic E-state index is 5.92. The maximum Gasteiger partial charge on any atom is 0.161 e. The molecule has 0 heterocycles. The molecule has 1 aromatic carbocycles. The summed E-state index contributed by atoms with van der Waals surface area (Å²) in [5.41, 5.74) is 5.74. The number of nitrogens with two attached hydrogens (primary N) is 1. The van der Waals surface area contributed by atoms with Crippen molar-refractivity contribution in [2.24, 2.45) is 5.73 Å². The van der Waals surface area contributed by atoms with E-state index in [-0.39, 0.29) is 0 Å². The molecule has 2 rings (SSSR count). The third kappa shape index (κ3) is 4.90. The fourth-order valence-electron chi connectivity index (χ4n) is 3.03. The van der Waals surface area contributed by atoms with E-state index in [2.05, 4.69) is 4.90 Å². The Labute approximate surface area is 128 Å². The van der Waals surface area contributed by atoms with Crippen LogP contribution in [0.4, 0.5) is 0 Å². The Morgan fingerprint density at radius 2 is 1.76 bits per heavy atom. The van der Waals surface area contributed by atoms with Crippen molar-refractivity contribution < 1.29 is 9.47 Å². The number of nitrogens with zero attached hydrogens (tertiary/aromatic N) is 1. The zero-order valence-electron chi connectivity index (χ0n) is 13.1. The van der Waals surface area contributed by atoms with Gasteiger partial charge in [-0.05, 0) is 31.9 Å². The molecule has 118 valence electrons. The van der Waals surface area contributed by atoms with Crippen molar-refractivity contribution in [2.75, 3.05) is 32.8 Å². The maximum absolute atomic E-state index is 5.92. The topological polar surface area (TPSA) is 47.7 Å². The molecule has 0 amide bonds. The third-order valence-corrected chi connectivity index (χ3v) is 4.04. The number of benzene rings is 1. The normalized spacial score (nSPS) is 15.6. The molecule has 0 unspecified atom stereocenters. The number of hydrogen-bond donors (Lipinski definition) is 1. The second-order valence-corrected chi connectivity index (χ2v) is 5.49.